The SMILES string of the molecule is Cc1cc(C)c(-c2cc(-c3ccccn3)cc(-c3ccnc4c3nc(-c3ccccc3O)n4-c3ccccc3)c2)c(C)c1. The molecule has 4 aromatic carbocycles. The van der Waals surface area contributed by atoms with Gasteiger partial charge in [-0.25, -0.2) is 9.97 Å². The van der Waals surface area contributed by atoms with E-state index in [0.29, 0.717) is 11.4 Å². The zero-order valence-electron chi connectivity index (χ0n) is 24.3. The van der Waals surface area contributed by atoms with E-state index in [0.717, 1.165) is 44.8 Å². The second-order valence-corrected chi connectivity index (χ2v) is 10.9. The van der Waals surface area contributed by atoms with Crippen molar-refractivity contribution in [3.8, 4) is 56.3 Å². The highest BCUT2D eigenvalue weighted by Crippen LogP contribution is 2.39. The number of hydrogen-bond acceptors (Lipinski definition) is 4. The largest absolute Gasteiger partial charge is 0.507 e. The lowest BCUT2D eigenvalue weighted by Gasteiger charge is -2.15. The van der Waals surface area contributed by atoms with Crippen LogP contribution in [0.15, 0.2) is 122 Å². The zero-order valence-corrected chi connectivity index (χ0v) is 24.3. The van der Waals surface area contributed by atoms with Gasteiger partial charge in [-0.1, -0.05) is 54.1 Å². The molecule has 7 rings (SSSR count). The van der Waals surface area contributed by atoms with Gasteiger partial charge >= 0.3 is 0 Å². The Morgan fingerprint density at radius 1 is 0.605 bits per heavy atom. The lowest BCUT2D eigenvalue weighted by atomic mass is 9.89. The van der Waals surface area contributed by atoms with Crippen molar-refractivity contribution in [3.05, 3.63) is 138 Å². The van der Waals surface area contributed by atoms with E-state index in [1.165, 1.54) is 22.3 Å². The summed E-state index contributed by atoms with van der Waals surface area (Å²) in [5.74, 6) is 0.798. The van der Waals surface area contributed by atoms with Crippen LogP contribution in [-0.4, -0.2) is 24.6 Å². The van der Waals surface area contributed by atoms with Gasteiger partial charge in [-0.05, 0) is 109 Å². The second kappa shape index (κ2) is 10.7. The molecule has 5 heteroatoms. The van der Waals surface area contributed by atoms with Gasteiger partial charge in [-0.2, -0.15) is 0 Å². The minimum absolute atomic E-state index is 0.168. The van der Waals surface area contributed by atoms with Gasteiger partial charge in [0, 0.05) is 29.2 Å². The van der Waals surface area contributed by atoms with Gasteiger partial charge in [-0.3, -0.25) is 9.55 Å². The third-order valence-corrected chi connectivity index (χ3v) is 7.88. The summed E-state index contributed by atoms with van der Waals surface area (Å²) in [5, 5.41) is 10.9. The topological polar surface area (TPSA) is 63.8 Å². The first-order valence-electron chi connectivity index (χ1n) is 14.3. The number of benzene rings is 4. The van der Waals surface area contributed by atoms with Crippen molar-refractivity contribution in [2.75, 3.05) is 0 Å². The maximum atomic E-state index is 10.9. The fourth-order valence-electron chi connectivity index (χ4n) is 6.12. The summed E-state index contributed by atoms with van der Waals surface area (Å²) in [5.41, 5.74) is 13.0. The van der Waals surface area contributed by atoms with Crippen LogP contribution in [0, 0.1) is 20.8 Å². The number of phenolic OH excluding ortho intramolecular Hbond substituents is 1. The molecule has 0 aliphatic heterocycles. The summed E-state index contributed by atoms with van der Waals surface area (Å²) in [6.07, 6.45) is 3.66. The number of rotatable bonds is 5. The van der Waals surface area contributed by atoms with Gasteiger partial charge in [0.2, 0.25) is 0 Å². The van der Waals surface area contributed by atoms with Gasteiger partial charge in [0.15, 0.2) is 11.5 Å². The van der Waals surface area contributed by atoms with Gasteiger partial charge in [0.1, 0.15) is 11.3 Å². The van der Waals surface area contributed by atoms with Crippen LogP contribution < -0.4 is 0 Å². The first-order chi connectivity index (χ1) is 21.0. The molecule has 5 nitrogen and oxygen atoms in total. The van der Waals surface area contributed by atoms with Crippen molar-refractivity contribution in [3.63, 3.8) is 0 Å². The van der Waals surface area contributed by atoms with E-state index in [1.807, 2.05) is 89.8 Å². The smallest absolute Gasteiger partial charge is 0.165 e. The molecular weight excluding hydrogens is 528 g/mol. The quantitative estimate of drug-likeness (QED) is 0.229. The number of pyridine rings is 2. The number of hydrogen-bond donors (Lipinski definition) is 1. The molecule has 3 heterocycles. The average Bonchev–Trinajstić information content (AvgIpc) is 3.41. The molecule has 0 radical (unpaired) electrons. The van der Waals surface area contributed by atoms with Crippen molar-refractivity contribution in [2.24, 2.45) is 0 Å². The monoisotopic (exact) mass is 558 g/mol. The normalized spacial score (nSPS) is 11.2. The number of para-hydroxylation sites is 2. The molecule has 0 atom stereocenters. The van der Waals surface area contributed by atoms with Crippen molar-refractivity contribution in [1.29, 1.82) is 0 Å². The second-order valence-electron chi connectivity index (χ2n) is 10.9. The van der Waals surface area contributed by atoms with Crippen molar-refractivity contribution >= 4 is 11.2 Å². The minimum atomic E-state index is 0.168. The Bertz CT molecular complexity index is 2090. The van der Waals surface area contributed by atoms with Gasteiger partial charge in [0.25, 0.3) is 0 Å². The van der Waals surface area contributed by atoms with E-state index in [9.17, 15) is 5.11 Å². The Balaban J connectivity index is 1.53. The number of aryl methyl sites for hydroxylation is 3. The summed E-state index contributed by atoms with van der Waals surface area (Å²) >= 11 is 0. The molecule has 0 aliphatic rings. The Kier molecular flexibility index (Phi) is 6.55. The summed E-state index contributed by atoms with van der Waals surface area (Å²) in [4.78, 5) is 14.7. The number of imidazole rings is 1. The molecule has 208 valence electrons. The van der Waals surface area contributed by atoms with E-state index in [2.05, 4.69) is 56.1 Å². The number of aromatic nitrogens is 4. The fourth-order valence-corrected chi connectivity index (χ4v) is 6.12. The Morgan fingerprint density at radius 2 is 1.30 bits per heavy atom. The number of aromatic hydroxyl groups is 1. The number of fused-ring (bicyclic) bond motifs is 1. The molecule has 0 saturated heterocycles. The molecular formula is C38H30N4O. The molecule has 0 spiro atoms. The molecule has 7 aromatic rings. The average molecular weight is 559 g/mol. The van der Waals surface area contributed by atoms with Crippen LogP contribution >= 0.6 is 0 Å². The van der Waals surface area contributed by atoms with Gasteiger partial charge in [-0.15, -0.1) is 0 Å². The Morgan fingerprint density at radius 3 is 2.05 bits per heavy atom. The van der Waals surface area contributed by atoms with Crippen molar-refractivity contribution in [1.82, 2.24) is 19.5 Å². The summed E-state index contributed by atoms with van der Waals surface area (Å²) in [6, 6.07) is 36.5. The summed E-state index contributed by atoms with van der Waals surface area (Å²) < 4.78 is 2.02. The van der Waals surface area contributed by atoms with Crippen LogP contribution in [0.5, 0.6) is 5.75 Å². The molecule has 1 N–H and O–H groups in total. The van der Waals surface area contributed by atoms with Crippen LogP contribution in [0.1, 0.15) is 16.7 Å². The maximum Gasteiger partial charge on any atom is 0.165 e. The van der Waals surface area contributed by atoms with E-state index in [1.54, 1.807) is 6.07 Å². The van der Waals surface area contributed by atoms with Crippen LogP contribution in [0.4, 0.5) is 0 Å². The molecule has 0 unspecified atom stereocenters. The third kappa shape index (κ3) is 4.75. The Labute approximate surface area is 250 Å². The lowest BCUT2D eigenvalue weighted by molar-refractivity contribution is 0.477. The van der Waals surface area contributed by atoms with Crippen LogP contribution in [-0.2, 0) is 0 Å². The molecule has 0 amide bonds. The predicted molar refractivity (Wildman–Crippen MR) is 174 cm³/mol. The van der Waals surface area contributed by atoms with Crippen LogP contribution in [0.3, 0.4) is 0 Å². The predicted octanol–water partition coefficient (Wildman–Crippen LogP) is 9.11. The molecule has 0 bridgehead atoms. The molecule has 43 heavy (non-hydrogen) atoms. The molecule has 0 aliphatic carbocycles. The van der Waals surface area contributed by atoms with Gasteiger partial charge in [0.05, 0.1) is 11.3 Å². The highest BCUT2D eigenvalue weighted by molar-refractivity contribution is 5.95. The first kappa shape index (κ1) is 26.4. The van der Waals surface area contributed by atoms with E-state index >= 15 is 0 Å². The number of nitrogens with zero attached hydrogens (tertiary/aromatic N) is 4. The van der Waals surface area contributed by atoms with Crippen molar-refractivity contribution < 1.29 is 5.11 Å². The first-order valence-corrected chi connectivity index (χ1v) is 14.3. The minimum Gasteiger partial charge on any atom is -0.507 e. The fraction of sp³-hybridized carbons (Fsp3) is 0.0789. The van der Waals surface area contributed by atoms with E-state index < -0.39 is 0 Å². The summed E-state index contributed by atoms with van der Waals surface area (Å²) in [6.45, 7) is 6.48. The van der Waals surface area contributed by atoms with Crippen molar-refractivity contribution in [2.45, 2.75) is 20.8 Å². The molecule has 0 saturated carbocycles. The third-order valence-electron chi connectivity index (χ3n) is 7.88. The van der Waals surface area contributed by atoms with Crippen LogP contribution in [0.25, 0.3) is 61.8 Å². The number of phenols is 1. The van der Waals surface area contributed by atoms with Gasteiger partial charge < -0.3 is 5.11 Å². The maximum absolute atomic E-state index is 10.9. The lowest BCUT2D eigenvalue weighted by Crippen LogP contribution is -1.98. The van der Waals surface area contributed by atoms with E-state index in [-0.39, 0.29) is 5.75 Å². The standard InChI is InChI=1S/C38H30N4O/c1-24-19-25(2)35(26(3)20-24)29-22-27(21-28(23-29)33-14-9-10-17-39-33)31-16-18-40-38-36(31)41-37(32-13-7-8-15-34(32)43)42(38)30-11-5-4-6-12-30/h4-23,43H,1-3H3. The van der Waals surface area contributed by atoms with E-state index in [4.69, 9.17) is 9.97 Å². The molecule has 3 aromatic heterocycles. The zero-order chi connectivity index (χ0) is 29.5. The Hall–Kier alpha value is -5.55. The highest BCUT2D eigenvalue weighted by atomic mass is 16.3. The molecule has 0 fully saturated rings. The highest BCUT2D eigenvalue weighted by Gasteiger charge is 2.21. The summed E-state index contributed by atoms with van der Waals surface area (Å²) in [7, 11) is 0. The van der Waals surface area contributed by atoms with Crippen LogP contribution in [0.2, 0.25) is 0 Å².